The maximum absolute atomic E-state index is 2.41. The summed E-state index contributed by atoms with van der Waals surface area (Å²) in [7, 11) is 0. The predicted molar refractivity (Wildman–Crippen MR) is 80.0 cm³/mol. The first-order chi connectivity index (χ1) is 8.70. The fourth-order valence-electron chi connectivity index (χ4n) is 3.57. The van der Waals surface area contributed by atoms with Crippen LogP contribution >= 0.6 is 0 Å². The summed E-state index contributed by atoms with van der Waals surface area (Å²) in [4.78, 5) is 0. The Morgan fingerprint density at radius 3 is 2.17 bits per heavy atom. The van der Waals surface area contributed by atoms with Crippen molar-refractivity contribution in [2.24, 2.45) is 5.92 Å². The first-order valence-corrected chi connectivity index (χ1v) is 7.79. The van der Waals surface area contributed by atoms with Crippen LogP contribution < -0.4 is 0 Å². The summed E-state index contributed by atoms with van der Waals surface area (Å²) in [6.45, 7) is 6.98. The van der Waals surface area contributed by atoms with E-state index in [1.54, 1.807) is 5.56 Å². The van der Waals surface area contributed by atoms with Gasteiger partial charge in [0.05, 0.1) is 0 Å². The summed E-state index contributed by atoms with van der Waals surface area (Å²) in [5.74, 6) is 0.935. The molecule has 0 nitrogen and oxygen atoms in total. The Balaban J connectivity index is 2.22. The lowest BCUT2D eigenvalue weighted by Gasteiger charge is -2.40. The maximum Gasteiger partial charge on any atom is -0.00469 e. The Kier molecular flexibility index (Phi) is 4.48. The molecule has 0 spiro atoms. The van der Waals surface area contributed by atoms with Gasteiger partial charge in [0.1, 0.15) is 0 Å². The van der Waals surface area contributed by atoms with E-state index in [2.05, 4.69) is 45.0 Å². The molecule has 0 radical (unpaired) electrons. The highest BCUT2D eigenvalue weighted by Crippen LogP contribution is 2.44. The lowest BCUT2D eigenvalue weighted by Crippen LogP contribution is -2.31. The number of rotatable bonds is 4. The average Bonchev–Trinajstić information content (AvgIpc) is 2.42. The topological polar surface area (TPSA) is 0 Å². The van der Waals surface area contributed by atoms with Gasteiger partial charge in [-0.05, 0) is 61.0 Å². The van der Waals surface area contributed by atoms with Gasteiger partial charge in [0, 0.05) is 0 Å². The molecule has 1 aliphatic rings. The molecule has 0 heteroatoms. The third-order valence-electron chi connectivity index (χ3n) is 4.93. The number of benzene rings is 1. The molecule has 0 N–H and O–H groups in total. The molecular weight excluding hydrogens is 216 g/mol. The molecule has 2 rings (SSSR count). The molecule has 0 saturated heterocycles. The smallest absolute Gasteiger partial charge is 0.00469 e. The van der Waals surface area contributed by atoms with Gasteiger partial charge in [0.2, 0.25) is 0 Å². The lowest BCUT2D eigenvalue weighted by molar-refractivity contribution is 0.226. The van der Waals surface area contributed by atoms with Crippen LogP contribution in [0.3, 0.4) is 0 Å². The summed E-state index contributed by atoms with van der Waals surface area (Å²) in [6.07, 6.45) is 9.44. The molecule has 0 bridgehead atoms. The van der Waals surface area contributed by atoms with Gasteiger partial charge in [-0.2, -0.15) is 0 Å². The van der Waals surface area contributed by atoms with Crippen LogP contribution in [0.4, 0.5) is 0 Å². The summed E-state index contributed by atoms with van der Waals surface area (Å²) in [6, 6.07) is 9.49. The fraction of sp³-hybridized carbons (Fsp3) is 0.667. The van der Waals surface area contributed by atoms with Crippen LogP contribution in [0.15, 0.2) is 24.3 Å². The highest BCUT2D eigenvalue weighted by atomic mass is 14.4. The van der Waals surface area contributed by atoms with Gasteiger partial charge in [-0.1, -0.05) is 51.5 Å². The van der Waals surface area contributed by atoms with Gasteiger partial charge in [0.15, 0.2) is 0 Å². The number of hydrogen-bond donors (Lipinski definition) is 0. The molecule has 0 aliphatic heterocycles. The minimum atomic E-state index is 0.494. The van der Waals surface area contributed by atoms with Crippen LogP contribution in [0.25, 0.3) is 0 Å². The van der Waals surface area contributed by atoms with Crippen molar-refractivity contribution in [3.63, 3.8) is 0 Å². The van der Waals surface area contributed by atoms with Gasteiger partial charge in [-0.25, -0.2) is 0 Å². The summed E-state index contributed by atoms with van der Waals surface area (Å²) in [5.41, 5.74) is 3.57. The molecule has 1 saturated carbocycles. The summed E-state index contributed by atoms with van der Waals surface area (Å²) in [5, 5.41) is 0. The summed E-state index contributed by atoms with van der Waals surface area (Å²) < 4.78 is 0. The molecule has 0 heterocycles. The quantitative estimate of drug-likeness (QED) is 0.656. The van der Waals surface area contributed by atoms with E-state index < -0.39 is 0 Å². The van der Waals surface area contributed by atoms with Crippen molar-refractivity contribution in [2.45, 2.75) is 71.1 Å². The van der Waals surface area contributed by atoms with Gasteiger partial charge in [0.25, 0.3) is 0 Å². The molecule has 1 aromatic rings. The zero-order valence-corrected chi connectivity index (χ0v) is 12.3. The first-order valence-electron chi connectivity index (χ1n) is 7.79. The van der Waals surface area contributed by atoms with Crippen LogP contribution in [0.2, 0.25) is 0 Å². The van der Waals surface area contributed by atoms with Crippen molar-refractivity contribution < 1.29 is 0 Å². The SMILES string of the molecule is CCCC1(c2ccc(CC)cc2)CCC(C)CC1. The highest BCUT2D eigenvalue weighted by molar-refractivity contribution is 5.30. The second kappa shape index (κ2) is 5.91. The van der Waals surface area contributed by atoms with E-state index in [0.717, 1.165) is 12.3 Å². The molecule has 0 atom stereocenters. The molecule has 0 amide bonds. The Bertz CT molecular complexity index is 352. The van der Waals surface area contributed by atoms with Crippen LogP contribution in [0.5, 0.6) is 0 Å². The Hall–Kier alpha value is -0.780. The first kappa shape index (κ1) is 13.6. The van der Waals surface area contributed by atoms with Crippen LogP contribution in [0, 0.1) is 5.92 Å². The molecule has 18 heavy (non-hydrogen) atoms. The largest absolute Gasteiger partial charge is 0.0654 e. The monoisotopic (exact) mass is 244 g/mol. The second-order valence-electron chi connectivity index (χ2n) is 6.26. The normalized spacial score (nSPS) is 28.3. The molecule has 1 aromatic carbocycles. The van der Waals surface area contributed by atoms with E-state index >= 15 is 0 Å². The minimum absolute atomic E-state index is 0.494. The van der Waals surface area contributed by atoms with Gasteiger partial charge >= 0.3 is 0 Å². The van der Waals surface area contributed by atoms with Crippen LogP contribution in [-0.2, 0) is 11.8 Å². The zero-order chi connectivity index (χ0) is 13.0. The number of hydrogen-bond acceptors (Lipinski definition) is 0. The van der Waals surface area contributed by atoms with E-state index in [9.17, 15) is 0 Å². The van der Waals surface area contributed by atoms with Crippen molar-refractivity contribution in [2.75, 3.05) is 0 Å². The van der Waals surface area contributed by atoms with E-state index in [-0.39, 0.29) is 0 Å². The molecule has 1 aliphatic carbocycles. The Labute approximate surface area is 113 Å². The summed E-state index contributed by atoms with van der Waals surface area (Å²) >= 11 is 0. The predicted octanol–water partition coefficient (Wildman–Crippen LogP) is 5.50. The van der Waals surface area contributed by atoms with E-state index in [1.165, 1.54) is 44.1 Å². The fourth-order valence-corrected chi connectivity index (χ4v) is 3.57. The van der Waals surface area contributed by atoms with Crippen molar-refractivity contribution in [1.82, 2.24) is 0 Å². The van der Waals surface area contributed by atoms with Crippen molar-refractivity contribution >= 4 is 0 Å². The molecule has 100 valence electrons. The zero-order valence-electron chi connectivity index (χ0n) is 12.3. The second-order valence-corrected chi connectivity index (χ2v) is 6.26. The molecular formula is C18H28. The maximum atomic E-state index is 2.41. The van der Waals surface area contributed by atoms with Gasteiger partial charge in [-0.15, -0.1) is 0 Å². The van der Waals surface area contributed by atoms with Crippen LogP contribution in [0.1, 0.15) is 70.4 Å². The van der Waals surface area contributed by atoms with Crippen molar-refractivity contribution in [1.29, 1.82) is 0 Å². The van der Waals surface area contributed by atoms with Crippen molar-refractivity contribution in [3.05, 3.63) is 35.4 Å². The average molecular weight is 244 g/mol. The minimum Gasteiger partial charge on any atom is -0.0654 e. The molecule has 0 aromatic heterocycles. The Morgan fingerprint density at radius 1 is 1.06 bits per heavy atom. The lowest BCUT2D eigenvalue weighted by atomic mass is 9.65. The Morgan fingerprint density at radius 2 is 1.67 bits per heavy atom. The standard InChI is InChI=1S/C18H28/c1-4-12-18(13-10-15(3)11-14-18)17-8-6-16(5-2)7-9-17/h6-9,15H,4-5,10-14H2,1-3H3. The number of aryl methyl sites for hydroxylation is 1. The highest BCUT2D eigenvalue weighted by Gasteiger charge is 2.34. The molecule has 1 fully saturated rings. The van der Waals surface area contributed by atoms with E-state index in [0.29, 0.717) is 5.41 Å². The van der Waals surface area contributed by atoms with Crippen LogP contribution in [-0.4, -0.2) is 0 Å². The van der Waals surface area contributed by atoms with E-state index in [1.807, 2.05) is 0 Å². The van der Waals surface area contributed by atoms with Gasteiger partial charge < -0.3 is 0 Å². The van der Waals surface area contributed by atoms with Crippen molar-refractivity contribution in [3.8, 4) is 0 Å². The third-order valence-corrected chi connectivity index (χ3v) is 4.93. The molecule has 0 unspecified atom stereocenters. The van der Waals surface area contributed by atoms with Gasteiger partial charge in [-0.3, -0.25) is 0 Å². The third kappa shape index (κ3) is 2.79. The van der Waals surface area contributed by atoms with E-state index in [4.69, 9.17) is 0 Å².